The smallest absolute Gasteiger partial charge is 0.0761 e. The minimum absolute atomic E-state index is 0.0964. The summed E-state index contributed by atoms with van der Waals surface area (Å²) in [5.41, 5.74) is 8.72. The van der Waals surface area contributed by atoms with E-state index in [0.29, 0.717) is 0 Å². The molecular formula is C42H48O4. The average Bonchev–Trinajstić information content (AvgIpc) is 3.04. The van der Waals surface area contributed by atoms with Gasteiger partial charge in [0.15, 0.2) is 0 Å². The van der Waals surface area contributed by atoms with Gasteiger partial charge in [0.25, 0.3) is 0 Å². The Kier molecular flexibility index (Phi) is 7.60. The molecular weight excluding hydrogens is 568 g/mol. The van der Waals surface area contributed by atoms with Crippen LogP contribution in [0.25, 0.3) is 0 Å². The summed E-state index contributed by atoms with van der Waals surface area (Å²) in [6.07, 6.45) is 4.22. The monoisotopic (exact) mass is 616 g/mol. The molecule has 4 fully saturated rings. The van der Waals surface area contributed by atoms with Crippen molar-refractivity contribution in [2.75, 3.05) is 0 Å². The molecule has 8 rings (SSSR count). The fourth-order valence-corrected chi connectivity index (χ4v) is 10.3. The third kappa shape index (κ3) is 5.06. The van der Waals surface area contributed by atoms with Crippen molar-refractivity contribution in [3.63, 3.8) is 0 Å². The summed E-state index contributed by atoms with van der Waals surface area (Å²) in [5, 5.41) is 41.4. The zero-order chi connectivity index (χ0) is 32.5. The van der Waals surface area contributed by atoms with Crippen LogP contribution >= 0.6 is 0 Å². The molecule has 0 saturated heterocycles. The van der Waals surface area contributed by atoms with Gasteiger partial charge in [-0.1, -0.05) is 97.1 Å². The zero-order valence-corrected chi connectivity index (χ0v) is 27.6. The Morgan fingerprint density at radius 1 is 0.326 bits per heavy atom. The lowest BCUT2D eigenvalue weighted by molar-refractivity contribution is -0.0692. The lowest BCUT2D eigenvalue weighted by Crippen LogP contribution is -2.67. The first-order valence-corrected chi connectivity index (χ1v) is 17.0. The van der Waals surface area contributed by atoms with Crippen LogP contribution in [0.3, 0.4) is 0 Å². The molecule has 4 aliphatic rings. The average molecular weight is 617 g/mol. The first kappa shape index (κ1) is 31.3. The van der Waals surface area contributed by atoms with Crippen molar-refractivity contribution in [2.45, 2.75) is 112 Å². The van der Waals surface area contributed by atoms with E-state index < -0.39 is 24.4 Å². The second kappa shape index (κ2) is 11.2. The van der Waals surface area contributed by atoms with Crippen molar-refractivity contribution in [2.24, 2.45) is 0 Å². The molecule has 4 aromatic carbocycles. The number of benzene rings is 4. The quantitative estimate of drug-likeness (QED) is 0.160. The van der Waals surface area contributed by atoms with Crippen LogP contribution in [0.2, 0.25) is 0 Å². The first-order valence-electron chi connectivity index (χ1n) is 17.0. The molecule has 0 aliphatic heterocycles. The Morgan fingerprint density at radius 2 is 0.478 bits per heavy atom. The maximum absolute atomic E-state index is 10.3. The molecule has 4 saturated carbocycles. The summed E-state index contributed by atoms with van der Waals surface area (Å²) in [4.78, 5) is 0. The Labute approximate surface area is 273 Å². The van der Waals surface area contributed by atoms with E-state index in [4.69, 9.17) is 0 Å². The van der Waals surface area contributed by atoms with Crippen LogP contribution in [0.5, 0.6) is 0 Å². The fraction of sp³-hybridized carbons (Fsp3) is 0.429. The van der Waals surface area contributed by atoms with Crippen LogP contribution < -0.4 is 0 Å². The summed E-state index contributed by atoms with van der Waals surface area (Å²) >= 11 is 0. The van der Waals surface area contributed by atoms with Crippen molar-refractivity contribution in [3.8, 4) is 0 Å². The SMILES string of the molecule is C[C@H](O)c1ccc(C23CC4(c5ccc([C@H](C)O)cc5)CC(c5ccc([C@H](C)O)cc5)(C2)CC(c2ccc([C@H](C)O)cc2)(C3)C4)cc1. The van der Waals surface area contributed by atoms with E-state index in [2.05, 4.69) is 97.1 Å². The van der Waals surface area contributed by atoms with E-state index in [1.807, 2.05) is 27.7 Å². The Hall–Kier alpha value is -3.28. The minimum Gasteiger partial charge on any atom is -0.389 e. The second-order valence-corrected chi connectivity index (χ2v) is 15.4. The Morgan fingerprint density at radius 3 is 0.609 bits per heavy atom. The van der Waals surface area contributed by atoms with Crippen LogP contribution in [-0.2, 0) is 21.7 Å². The topological polar surface area (TPSA) is 80.9 Å². The van der Waals surface area contributed by atoms with Gasteiger partial charge in [0.1, 0.15) is 0 Å². The molecule has 4 atom stereocenters. The maximum atomic E-state index is 10.3. The normalized spacial score (nSPS) is 31.0. The molecule has 0 heterocycles. The molecule has 4 aromatic rings. The molecule has 0 amide bonds. The number of hydrogen-bond acceptors (Lipinski definition) is 4. The molecule has 46 heavy (non-hydrogen) atoms. The Balaban J connectivity index is 1.46. The van der Waals surface area contributed by atoms with Gasteiger partial charge in [0, 0.05) is 0 Å². The van der Waals surface area contributed by atoms with Crippen molar-refractivity contribution in [3.05, 3.63) is 142 Å². The third-order valence-electron chi connectivity index (χ3n) is 12.1. The largest absolute Gasteiger partial charge is 0.389 e. The molecule has 4 aliphatic carbocycles. The van der Waals surface area contributed by atoms with Gasteiger partial charge < -0.3 is 20.4 Å². The summed E-state index contributed by atoms with van der Waals surface area (Å²) in [6, 6.07) is 35.0. The second-order valence-electron chi connectivity index (χ2n) is 15.4. The van der Waals surface area contributed by atoms with E-state index in [1.54, 1.807) is 0 Å². The molecule has 0 radical (unpaired) electrons. The van der Waals surface area contributed by atoms with Gasteiger partial charge in [-0.2, -0.15) is 0 Å². The van der Waals surface area contributed by atoms with Crippen LogP contribution in [-0.4, -0.2) is 20.4 Å². The molecule has 4 N–H and O–H groups in total. The van der Waals surface area contributed by atoms with Gasteiger partial charge in [-0.25, -0.2) is 0 Å². The van der Waals surface area contributed by atoms with Gasteiger partial charge in [-0.3, -0.25) is 0 Å². The first-order chi connectivity index (χ1) is 21.9. The molecule has 0 spiro atoms. The highest BCUT2D eigenvalue weighted by Crippen LogP contribution is 2.74. The molecule has 240 valence electrons. The standard InChI is InChI=1S/C42H48O4/c1-27(43)31-5-13-35(14-6-31)39-21-40(36-15-7-32(8-16-36)28(2)44)24-41(22-39,37-17-9-33(10-18-37)29(3)45)26-42(23-39,25-40)38-19-11-34(12-20-38)30(4)46/h5-20,27-30,43-46H,21-26H2,1-4H3/t27-,28-,29-,30-,39?,40?,41?,42?/m0/s1. The summed E-state index contributed by atoms with van der Waals surface area (Å²) in [6.45, 7) is 7.29. The Bertz CT molecular complexity index is 1390. The molecule has 4 heteroatoms. The third-order valence-corrected chi connectivity index (χ3v) is 12.1. The number of rotatable bonds is 8. The van der Waals surface area contributed by atoms with Crippen LogP contribution in [0.4, 0.5) is 0 Å². The summed E-state index contributed by atoms with van der Waals surface area (Å²) in [7, 11) is 0. The zero-order valence-electron chi connectivity index (χ0n) is 27.6. The van der Waals surface area contributed by atoms with E-state index in [9.17, 15) is 20.4 Å². The fourth-order valence-electron chi connectivity index (χ4n) is 10.3. The number of aliphatic hydroxyl groups excluding tert-OH is 4. The summed E-state index contributed by atoms with van der Waals surface area (Å²) < 4.78 is 0. The predicted octanol–water partition coefficient (Wildman–Crippen LogP) is 8.33. The molecule has 4 nitrogen and oxygen atoms in total. The summed E-state index contributed by atoms with van der Waals surface area (Å²) in [5.74, 6) is 0. The van der Waals surface area contributed by atoms with E-state index in [-0.39, 0.29) is 21.7 Å². The van der Waals surface area contributed by atoms with E-state index in [0.717, 1.165) is 60.8 Å². The number of aliphatic hydroxyl groups is 4. The van der Waals surface area contributed by atoms with E-state index >= 15 is 0 Å². The van der Waals surface area contributed by atoms with Gasteiger partial charge in [-0.05, 0) is 132 Å². The van der Waals surface area contributed by atoms with Gasteiger partial charge in [0.2, 0.25) is 0 Å². The molecule has 4 bridgehead atoms. The van der Waals surface area contributed by atoms with Gasteiger partial charge >= 0.3 is 0 Å². The highest BCUT2D eigenvalue weighted by atomic mass is 16.3. The van der Waals surface area contributed by atoms with Crippen molar-refractivity contribution >= 4 is 0 Å². The van der Waals surface area contributed by atoms with E-state index in [1.165, 1.54) is 22.3 Å². The number of hydrogen-bond donors (Lipinski definition) is 4. The van der Waals surface area contributed by atoms with Crippen LogP contribution in [0.1, 0.15) is 135 Å². The van der Waals surface area contributed by atoms with Gasteiger partial charge in [0.05, 0.1) is 24.4 Å². The molecule has 0 aromatic heterocycles. The van der Waals surface area contributed by atoms with Crippen LogP contribution in [0, 0.1) is 0 Å². The van der Waals surface area contributed by atoms with Gasteiger partial charge in [-0.15, -0.1) is 0 Å². The lowest BCUT2D eigenvalue weighted by atomic mass is 9.32. The minimum atomic E-state index is -0.512. The maximum Gasteiger partial charge on any atom is 0.0761 e. The van der Waals surface area contributed by atoms with Crippen molar-refractivity contribution in [1.29, 1.82) is 0 Å². The van der Waals surface area contributed by atoms with Crippen LogP contribution in [0.15, 0.2) is 97.1 Å². The molecule has 0 unspecified atom stereocenters. The predicted molar refractivity (Wildman–Crippen MR) is 183 cm³/mol. The lowest BCUT2D eigenvalue weighted by Gasteiger charge is -2.71. The highest BCUT2D eigenvalue weighted by Gasteiger charge is 2.69. The highest BCUT2D eigenvalue weighted by molar-refractivity contribution is 5.50. The van der Waals surface area contributed by atoms with Crippen molar-refractivity contribution in [1.82, 2.24) is 0 Å². The van der Waals surface area contributed by atoms with Crippen molar-refractivity contribution < 1.29 is 20.4 Å².